The summed E-state index contributed by atoms with van der Waals surface area (Å²) < 4.78 is 5.29. The van der Waals surface area contributed by atoms with Crippen LogP contribution >= 0.6 is 11.6 Å². The van der Waals surface area contributed by atoms with Gasteiger partial charge in [-0.15, -0.1) is 0 Å². The molecule has 0 amide bonds. The minimum absolute atomic E-state index is 0.492. The monoisotopic (exact) mass is 434 g/mol. The van der Waals surface area contributed by atoms with E-state index in [4.69, 9.17) is 36.1 Å². The van der Waals surface area contributed by atoms with Crippen LogP contribution in [-0.4, -0.2) is 52.4 Å². The summed E-state index contributed by atoms with van der Waals surface area (Å²) in [5.74, 6) is -2.79. The van der Waals surface area contributed by atoms with Crippen molar-refractivity contribution in [2.75, 3.05) is 20.2 Å². The molecule has 1 heterocycles. The number of carboxylic acid groups (broad SMARTS) is 2. The number of halogens is 1. The van der Waals surface area contributed by atoms with E-state index in [1.54, 1.807) is 19.2 Å². The Kier molecular flexibility index (Phi) is 8.67. The largest absolute Gasteiger partial charge is 0.497 e. The molecule has 9 heteroatoms. The molecule has 3 rings (SSSR count). The lowest BCUT2D eigenvalue weighted by atomic mass is 10.1. The number of aromatic nitrogens is 1. The quantitative estimate of drug-likeness (QED) is 0.285. The Morgan fingerprint density at radius 1 is 1.17 bits per heavy atom. The molecule has 1 unspecified atom stereocenters. The number of hydrogen-bond donors (Lipinski definition) is 5. The van der Waals surface area contributed by atoms with Crippen LogP contribution in [0.1, 0.15) is 17.2 Å². The number of methoxy groups -OCH3 is 1. The molecule has 0 bridgehead atoms. The first-order valence-corrected chi connectivity index (χ1v) is 9.44. The zero-order chi connectivity index (χ0) is 22.1. The molecule has 5 N–H and O–H groups in total. The van der Waals surface area contributed by atoms with Crippen LogP contribution in [0.5, 0.6) is 5.75 Å². The standard InChI is InChI=1S/C19H21ClN2O2.C2H2O4/c1-24-16-5-6-18-17(10-16)14(11-22-18)7-8-21-12-19(23)13-3-2-4-15(20)9-13;3-1(4)2(5)6/h2-6,9-11,19,21-23H,7-8,12H2,1H3;(H,3,4)(H,5,6). The molecule has 1 atom stereocenters. The first-order chi connectivity index (χ1) is 14.3. The highest BCUT2D eigenvalue weighted by Gasteiger charge is 2.08. The number of aliphatic hydroxyl groups is 1. The van der Waals surface area contributed by atoms with Crippen molar-refractivity contribution in [2.24, 2.45) is 0 Å². The van der Waals surface area contributed by atoms with Crippen molar-refractivity contribution in [3.05, 3.63) is 64.8 Å². The molecule has 0 aliphatic carbocycles. The van der Waals surface area contributed by atoms with Gasteiger partial charge in [-0.05, 0) is 54.4 Å². The highest BCUT2D eigenvalue weighted by atomic mass is 35.5. The number of fused-ring (bicyclic) bond motifs is 1. The van der Waals surface area contributed by atoms with Gasteiger partial charge in [0.2, 0.25) is 0 Å². The predicted molar refractivity (Wildman–Crippen MR) is 113 cm³/mol. The lowest BCUT2D eigenvalue weighted by Crippen LogP contribution is -2.23. The van der Waals surface area contributed by atoms with Gasteiger partial charge in [-0.1, -0.05) is 23.7 Å². The number of hydrogen-bond acceptors (Lipinski definition) is 5. The van der Waals surface area contributed by atoms with Crippen LogP contribution in [0.15, 0.2) is 48.7 Å². The molecule has 160 valence electrons. The zero-order valence-corrected chi connectivity index (χ0v) is 17.0. The average molecular weight is 435 g/mol. The summed E-state index contributed by atoms with van der Waals surface area (Å²) in [6.45, 7) is 1.27. The maximum absolute atomic E-state index is 10.2. The van der Waals surface area contributed by atoms with E-state index in [0.717, 1.165) is 29.8 Å². The van der Waals surface area contributed by atoms with Crippen LogP contribution in [-0.2, 0) is 16.0 Å². The van der Waals surface area contributed by atoms with E-state index >= 15 is 0 Å². The van der Waals surface area contributed by atoms with Gasteiger partial charge in [-0.2, -0.15) is 0 Å². The molecule has 8 nitrogen and oxygen atoms in total. The van der Waals surface area contributed by atoms with E-state index < -0.39 is 18.0 Å². The van der Waals surface area contributed by atoms with Gasteiger partial charge in [0.1, 0.15) is 5.75 Å². The van der Waals surface area contributed by atoms with Crippen LogP contribution in [0.4, 0.5) is 0 Å². The summed E-state index contributed by atoms with van der Waals surface area (Å²) in [6, 6.07) is 13.3. The Bertz CT molecular complexity index is 992. The Morgan fingerprint density at radius 2 is 1.90 bits per heavy atom. The van der Waals surface area contributed by atoms with Gasteiger partial charge >= 0.3 is 11.9 Å². The number of ether oxygens (including phenoxy) is 1. The minimum Gasteiger partial charge on any atom is -0.497 e. The van der Waals surface area contributed by atoms with Gasteiger partial charge in [0.05, 0.1) is 13.2 Å². The van der Waals surface area contributed by atoms with Crippen LogP contribution in [0, 0.1) is 0 Å². The van der Waals surface area contributed by atoms with Crippen molar-refractivity contribution < 1.29 is 29.6 Å². The fraction of sp³-hybridized carbons (Fsp3) is 0.238. The van der Waals surface area contributed by atoms with Gasteiger partial charge in [0.15, 0.2) is 0 Å². The molecule has 0 aliphatic rings. The Morgan fingerprint density at radius 3 is 2.53 bits per heavy atom. The molecule has 0 radical (unpaired) electrons. The number of carboxylic acids is 2. The van der Waals surface area contributed by atoms with Crippen LogP contribution in [0.2, 0.25) is 5.02 Å². The fourth-order valence-electron chi connectivity index (χ4n) is 2.78. The number of rotatable bonds is 7. The highest BCUT2D eigenvalue weighted by Crippen LogP contribution is 2.24. The van der Waals surface area contributed by atoms with Gasteiger partial charge in [0.25, 0.3) is 0 Å². The highest BCUT2D eigenvalue weighted by molar-refractivity contribution is 6.30. The predicted octanol–water partition coefficient (Wildman–Crippen LogP) is 2.85. The Hall–Kier alpha value is -3.07. The number of aliphatic carboxylic acids is 2. The second-order valence-corrected chi connectivity index (χ2v) is 6.80. The third-order valence-corrected chi connectivity index (χ3v) is 4.53. The molecule has 0 aliphatic heterocycles. The van der Waals surface area contributed by atoms with Gasteiger partial charge in [-0.3, -0.25) is 0 Å². The van der Waals surface area contributed by atoms with Crippen molar-refractivity contribution in [3.63, 3.8) is 0 Å². The van der Waals surface area contributed by atoms with E-state index in [1.165, 1.54) is 10.9 Å². The minimum atomic E-state index is -1.82. The fourth-order valence-corrected chi connectivity index (χ4v) is 2.98. The third kappa shape index (κ3) is 6.77. The molecule has 0 saturated carbocycles. The van der Waals surface area contributed by atoms with Crippen molar-refractivity contribution in [2.45, 2.75) is 12.5 Å². The van der Waals surface area contributed by atoms with Gasteiger partial charge in [0, 0.05) is 28.7 Å². The van der Waals surface area contributed by atoms with E-state index in [2.05, 4.69) is 10.3 Å². The molecular formula is C21H23ClN2O6. The molecule has 2 aromatic carbocycles. The van der Waals surface area contributed by atoms with Crippen LogP contribution < -0.4 is 10.1 Å². The molecule has 1 aromatic heterocycles. The summed E-state index contributed by atoms with van der Waals surface area (Å²) in [5, 5.41) is 30.1. The summed E-state index contributed by atoms with van der Waals surface area (Å²) in [4.78, 5) is 21.5. The van der Waals surface area contributed by atoms with E-state index in [9.17, 15) is 5.11 Å². The van der Waals surface area contributed by atoms with Crippen molar-refractivity contribution >= 4 is 34.4 Å². The molecule has 3 aromatic rings. The van der Waals surface area contributed by atoms with Crippen LogP contribution in [0.3, 0.4) is 0 Å². The number of H-pyrrole nitrogens is 1. The molecule has 0 fully saturated rings. The lowest BCUT2D eigenvalue weighted by molar-refractivity contribution is -0.159. The summed E-state index contributed by atoms with van der Waals surface area (Å²) in [7, 11) is 1.67. The van der Waals surface area contributed by atoms with Crippen molar-refractivity contribution in [3.8, 4) is 5.75 Å². The Labute approximate surface area is 178 Å². The Balaban J connectivity index is 0.000000469. The molecular weight excluding hydrogens is 412 g/mol. The number of nitrogens with one attached hydrogen (secondary N) is 2. The van der Waals surface area contributed by atoms with Crippen molar-refractivity contribution in [1.82, 2.24) is 10.3 Å². The zero-order valence-electron chi connectivity index (χ0n) is 16.3. The molecule has 0 saturated heterocycles. The number of aliphatic hydroxyl groups excluding tert-OH is 1. The SMILES string of the molecule is COc1ccc2[nH]cc(CCNCC(O)c3cccc(Cl)c3)c2c1.O=C(O)C(=O)O. The summed E-state index contributed by atoms with van der Waals surface area (Å²) in [5.41, 5.74) is 3.16. The first kappa shape index (κ1) is 23.2. The van der Waals surface area contributed by atoms with Crippen molar-refractivity contribution in [1.29, 1.82) is 0 Å². The summed E-state index contributed by atoms with van der Waals surface area (Å²) >= 11 is 5.95. The van der Waals surface area contributed by atoms with E-state index in [1.807, 2.05) is 36.5 Å². The molecule has 0 spiro atoms. The number of aromatic amines is 1. The van der Waals surface area contributed by atoms with Crippen LogP contribution in [0.25, 0.3) is 10.9 Å². The smallest absolute Gasteiger partial charge is 0.414 e. The molecule has 30 heavy (non-hydrogen) atoms. The number of benzene rings is 2. The normalized spacial score (nSPS) is 11.4. The maximum atomic E-state index is 10.2. The van der Waals surface area contributed by atoms with E-state index in [0.29, 0.717) is 11.6 Å². The maximum Gasteiger partial charge on any atom is 0.414 e. The average Bonchev–Trinajstić information content (AvgIpc) is 3.13. The topological polar surface area (TPSA) is 132 Å². The lowest BCUT2D eigenvalue weighted by Gasteiger charge is -2.12. The van der Waals surface area contributed by atoms with Gasteiger partial charge in [-0.25, -0.2) is 9.59 Å². The van der Waals surface area contributed by atoms with Gasteiger partial charge < -0.3 is 30.4 Å². The second-order valence-electron chi connectivity index (χ2n) is 6.36. The van der Waals surface area contributed by atoms with E-state index in [-0.39, 0.29) is 0 Å². The second kappa shape index (κ2) is 11.2. The first-order valence-electron chi connectivity index (χ1n) is 9.06. The third-order valence-electron chi connectivity index (χ3n) is 4.30. The number of carbonyl (C=O) groups is 2. The summed E-state index contributed by atoms with van der Waals surface area (Å²) in [6.07, 6.45) is 2.33.